The van der Waals surface area contributed by atoms with Gasteiger partial charge in [-0.2, -0.15) is 0 Å². The highest BCUT2D eigenvalue weighted by atomic mass is 127. The van der Waals surface area contributed by atoms with E-state index in [4.69, 9.17) is 4.74 Å². The average Bonchev–Trinajstić information content (AvgIpc) is 3.19. The predicted molar refractivity (Wildman–Crippen MR) is 138 cm³/mol. The quantitative estimate of drug-likeness (QED) is 0.296. The fourth-order valence-electron chi connectivity index (χ4n) is 3.96. The standard InChI is InChI=1S/C23H35FN6O.HI/c1-17(2)13-20(29-9-11-31-12-10-29)16-28-23(25-4)27-15-19-5-6-22(21(24)14-19)30-8-7-26-18(30)3;/h5-8,14,17,20H,9-13,15-16H2,1-4H3,(H2,25,27,28);1H. The van der Waals surface area contributed by atoms with E-state index in [2.05, 4.69) is 39.4 Å². The lowest BCUT2D eigenvalue weighted by Crippen LogP contribution is -2.50. The first kappa shape index (κ1) is 26.5. The lowest BCUT2D eigenvalue weighted by atomic mass is 10.0. The van der Waals surface area contributed by atoms with Crippen molar-refractivity contribution >= 4 is 29.9 Å². The van der Waals surface area contributed by atoms with Crippen molar-refractivity contribution in [3.63, 3.8) is 0 Å². The van der Waals surface area contributed by atoms with Crippen LogP contribution < -0.4 is 10.6 Å². The zero-order chi connectivity index (χ0) is 22.2. The molecule has 1 unspecified atom stereocenters. The van der Waals surface area contributed by atoms with E-state index >= 15 is 0 Å². The normalized spacial score (nSPS) is 16.0. The number of imidazole rings is 1. The van der Waals surface area contributed by atoms with Gasteiger partial charge in [-0.15, -0.1) is 24.0 Å². The molecule has 3 rings (SSSR count). The lowest BCUT2D eigenvalue weighted by Gasteiger charge is -2.35. The van der Waals surface area contributed by atoms with Gasteiger partial charge in [0.05, 0.1) is 18.9 Å². The monoisotopic (exact) mass is 558 g/mol. The number of aryl methyl sites for hydroxylation is 1. The SMILES string of the molecule is CN=C(NCc1ccc(-n2ccnc2C)c(F)c1)NCC(CC(C)C)N1CCOCC1.I. The van der Waals surface area contributed by atoms with Gasteiger partial charge in [0.25, 0.3) is 0 Å². The van der Waals surface area contributed by atoms with Crippen molar-refractivity contribution in [2.45, 2.75) is 39.8 Å². The van der Waals surface area contributed by atoms with Gasteiger partial charge in [-0.05, 0) is 37.0 Å². The summed E-state index contributed by atoms with van der Waals surface area (Å²) in [5, 5.41) is 6.75. The van der Waals surface area contributed by atoms with Gasteiger partial charge >= 0.3 is 0 Å². The Hall–Kier alpha value is -1.72. The maximum Gasteiger partial charge on any atom is 0.191 e. The molecule has 9 heteroatoms. The van der Waals surface area contributed by atoms with Gasteiger partial charge in [-0.3, -0.25) is 9.89 Å². The maximum absolute atomic E-state index is 14.6. The van der Waals surface area contributed by atoms with Crippen LogP contribution in [0.1, 0.15) is 31.7 Å². The summed E-state index contributed by atoms with van der Waals surface area (Å²) in [6.45, 7) is 11.2. The number of aliphatic imine (C=N–C) groups is 1. The predicted octanol–water partition coefficient (Wildman–Crippen LogP) is 3.35. The number of halogens is 2. The number of rotatable bonds is 8. The number of nitrogens with zero attached hydrogens (tertiary/aromatic N) is 4. The van der Waals surface area contributed by atoms with Crippen molar-refractivity contribution in [1.29, 1.82) is 0 Å². The first-order valence-corrected chi connectivity index (χ1v) is 11.0. The minimum atomic E-state index is -0.271. The van der Waals surface area contributed by atoms with E-state index in [1.54, 1.807) is 36.1 Å². The molecule has 1 saturated heterocycles. The van der Waals surface area contributed by atoms with Gasteiger partial charge in [0, 0.05) is 51.7 Å². The number of hydrogen-bond acceptors (Lipinski definition) is 4. The molecule has 7 nitrogen and oxygen atoms in total. The molecule has 2 aromatic rings. The van der Waals surface area contributed by atoms with E-state index in [1.165, 1.54) is 0 Å². The van der Waals surface area contributed by atoms with Crippen LogP contribution in [-0.4, -0.2) is 66.3 Å². The van der Waals surface area contributed by atoms with E-state index in [-0.39, 0.29) is 29.8 Å². The third kappa shape index (κ3) is 7.41. The lowest BCUT2D eigenvalue weighted by molar-refractivity contribution is 0.0132. The molecule has 1 aromatic carbocycles. The highest BCUT2D eigenvalue weighted by Gasteiger charge is 2.22. The Bertz CT molecular complexity index is 866. The van der Waals surface area contributed by atoms with Crippen LogP contribution in [0.2, 0.25) is 0 Å². The van der Waals surface area contributed by atoms with Crippen LogP contribution in [0.3, 0.4) is 0 Å². The zero-order valence-electron chi connectivity index (χ0n) is 19.5. The van der Waals surface area contributed by atoms with Crippen molar-refractivity contribution in [2.24, 2.45) is 10.9 Å². The Kier molecular flexibility index (Phi) is 10.9. The summed E-state index contributed by atoms with van der Waals surface area (Å²) in [4.78, 5) is 11.0. The third-order valence-corrected chi connectivity index (χ3v) is 5.59. The van der Waals surface area contributed by atoms with E-state index in [1.807, 2.05) is 13.0 Å². The number of nitrogens with one attached hydrogen (secondary N) is 2. The Morgan fingerprint density at radius 2 is 2.00 bits per heavy atom. The summed E-state index contributed by atoms with van der Waals surface area (Å²) in [6, 6.07) is 5.70. The molecule has 1 aliphatic rings. The molecule has 1 atom stereocenters. The molecule has 2 N–H and O–H groups in total. The fraction of sp³-hybridized carbons (Fsp3) is 0.565. The van der Waals surface area contributed by atoms with Crippen molar-refractivity contribution in [3.05, 3.63) is 47.8 Å². The Morgan fingerprint density at radius 1 is 1.25 bits per heavy atom. The van der Waals surface area contributed by atoms with Crippen LogP contribution in [0.4, 0.5) is 4.39 Å². The van der Waals surface area contributed by atoms with E-state index in [0.717, 1.165) is 56.6 Å². The Labute approximate surface area is 207 Å². The molecule has 0 bridgehead atoms. The molecule has 2 heterocycles. The third-order valence-electron chi connectivity index (χ3n) is 5.59. The van der Waals surface area contributed by atoms with Crippen LogP contribution in [0.5, 0.6) is 0 Å². The second-order valence-electron chi connectivity index (χ2n) is 8.37. The average molecular weight is 558 g/mol. The van der Waals surface area contributed by atoms with Gasteiger partial charge in [0.2, 0.25) is 0 Å². The summed E-state index contributed by atoms with van der Waals surface area (Å²) in [5.41, 5.74) is 1.36. The molecule has 0 radical (unpaired) electrons. The number of guanidine groups is 1. The Balaban J connectivity index is 0.00000363. The van der Waals surface area contributed by atoms with E-state index in [0.29, 0.717) is 24.2 Å². The van der Waals surface area contributed by atoms with Crippen LogP contribution in [0.15, 0.2) is 35.6 Å². The summed E-state index contributed by atoms with van der Waals surface area (Å²) >= 11 is 0. The van der Waals surface area contributed by atoms with Crippen LogP contribution >= 0.6 is 24.0 Å². The van der Waals surface area contributed by atoms with Gasteiger partial charge in [0.15, 0.2) is 5.96 Å². The molecule has 0 amide bonds. The largest absolute Gasteiger partial charge is 0.379 e. The summed E-state index contributed by atoms with van der Waals surface area (Å²) in [6.07, 6.45) is 4.55. The number of morpholine rings is 1. The van der Waals surface area contributed by atoms with Crippen molar-refractivity contribution in [1.82, 2.24) is 25.1 Å². The minimum absolute atomic E-state index is 0. The molecular weight excluding hydrogens is 522 g/mol. The number of aromatic nitrogens is 2. The second-order valence-corrected chi connectivity index (χ2v) is 8.37. The zero-order valence-corrected chi connectivity index (χ0v) is 21.8. The number of benzene rings is 1. The van der Waals surface area contributed by atoms with Gasteiger partial charge < -0.3 is 19.9 Å². The number of ether oxygens (including phenoxy) is 1. The maximum atomic E-state index is 14.6. The molecule has 178 valence electrons. The second kappa shape index (κ2) is 13.1. The first-order valence-electron chi connectivity index (χ1n) is 11.0. The van der Waals surface area contributed by atoms with E-state index in [9.17, 15) is 4.39 Å². The smallest absolute Gasteiger partial charge is 0.191 e. The van der Waals surface area contributed by atoms with Crippen molar-refractivity contribution in [3.8, 4) is 5.69 Å². The fourth-order valence-corrected chi connectivity index (χ4v) is 3.96. The summed E-state index contributed by atoms with van der Waals surface area (Å²) in [7, 11) is 1.76. The van der Waals surface area contributed by atoms with Crippen LogP contribution in [0, 0.1) is 18.7 Å². The van der Waals surface area contributed by atoms with Gasteiger partial charge in [-0.25, -0.2) is 9.37 Å². The topological polar surface area (TPSA) is 66.7 Å². The molecule has 1 aliphatic heterocycles. The van der Waals surface area contributed by atoms with Crippen molar-refractivity contribution in [2.75, 3.05) is 39.9 Å². The minimum Gasteiger partial charge on any atom is -0.379 e. The number of hydrogen-bond donors (Lipinski definition) is 2. The molecule has 0 aliphatic carbocycles. The molecule has 1 fully saturated rings. The van der Waals surface area contributed by atoms with Crippen molar-refractivity contribution < 1.29 is 9.13 Å². The summed E-state index contributed by atoms with van der Waals surface area (Å²) < 4.78 is 21.9. The van der Waals surface area contributed by atoms with Gasteiger partial charge in [-0.1, -0.05) is 19.9 Å². The van der Waals surface area contributed by atoms with Crippen LogP contribution in [-0.2, 0) is 11.3 Å². The highest BCUT2D eigenvalue weighted by Crippen LogP contribution is 2.17. The summed E-state index contributed by atoms with van der Waals surface area (Å²) in [5.74, 6) is 1.82. The molecule has 32 heavy (non-hydrogen) atoms. The highest BCUT2D eigenvalue weighted by molar-refractivity contribution is 14.0. The van der Waals surface area contributed by atoms with E-state index < -0.39 is 0 Å². The first-order chi connectivity index (χ1) is 15.0. The molecule has 1 aromatic heterocycles. The molecular formula is C23H36FIN6O. The molecule has 0 saturated carbocycles. The Morgan fingerprint density at radius 3 is 2.59 bits per heavy atom. The van der Waals surface area contributed by atoms with Crippen LogP contribution in [0.25, 0.3) is 5.69 Å². The molecule has 0 spiro atoms. The van der Waals surface area contributed by atoms with Gasteiger partial charge in [0.1, 0.15) is 11.6 Å².